The summed E-state index contributed by atoms with van der Waals surface area (Å²) in [5, 5.41) is 0. The Bertz CT molecular complexity index is 463. The Kier molecular flexibility index (Phi) is 6.36. The molecule has 1 amide bonds. The fourth-order valence-corrected chi connectivity index (χ4v) is 2.42. The number of carbonyl (C=O) groups is 1. The van der Waals surface area contributed by atoms with Crippen molar-refractivity contribution in [1.82, 2.24) is 4.90 Å². The van der Waals surface area contributed by atoms with Gasteiger partial charge < -0.3 is 15.4 Å². The van der Waals surface area contributed by atoms with Crippen LogP contribution in [0.3, 0.4) is 0 Å². The fourth-order valence-electron chi connectivity index (χ4n) is 1.87. The van der Waals surface area contributed by atoms with E-state index >= 15 is 0 Å². The molecule has 0 aliphatic rings. The van der Waals surface area contributed by atoms with Crippen molar-refractivity contribution in [2.24, 2.45) is 11.7 Å². The molecule has 20 heavy (non-hydrogen) atoms. The molecule has 0 spiro atoms. The largest absolute Gasteiger partial charge is 0.496 e. The van der Waals surface area contributed by atoms with E-state index in [4.69, 9.17) is 10.5 Å². The van der Waals surface area contributed by atoms with Gasteiger partial charge in [0.05, 0.1) is 13.2 Å². The molecular weight excluding hydrogens is 272 g/mol. The number of amides is 1. The summed E-state index contributed by atoms with van der Waals surface area (Å²) >= 11 is 1.64. The summed E-state index contributed by atoms with van der Waals surface area (Å²) in [6.07, 6.45) is 2.01. The van der Waals surface area contributed by atoms with E-state index in [0.717, 1.165) is 16.2 Å². The van der Waals surface area contributed by atoms with Gasteiger partial charge in [-0.2, -0.15) is 0 Å². The standard InChI is InChI=1S/C15H24N2O2S/c1-10(2)14(16)15(18)17(3)9-11-6-7-13(20-5)12(8-11)19-4/h6-8,10,14H,9,16H2,1-5H3/t14-/m0/s1. The summed E-state index contributed by atoms with van der Waals surface area (Å²) in [6.45, 7) is 4.43. The minimum atomic E-state index is -0.452. The highest BCUT2D eigenvalue weighted by molar-refractivity contribution is 7.98. The lowest BCUT2D eigenvalue weighted by atomic mass is 10.0. The number of likely N-dealkylation sites (N-methyl/N-ethyl adjacent to an activating group) is 1. The maximum absolute atomic E-state index is 12.1. The van der Waals surface area contributed by atoms with Crippen molar-refractivity contribution in [3.8, 4) is 5.75 Å². The number of methoxy groups -OCH3 is 1. The van der Waals surface area contributed by atoms with Gasteiger partial charge in [0.25, 0.3) is 0 Å². The molecule has 1 rings (SSSR count). The molecule has 0 saturated carbocycles. The zero-order valence-electron chi connectivity index (χ0n) is 12.8. The maximum Gasteiger partial charge on any atom is 0.239 e. The molecule has 0 aliphatic carbocycles. The van der Waals surface area contributed by atoms with E-state index in [2.05, 4.69) is 0 Å². The first-order valence-electron chi connectivity index (χ1n) is 6.62. The average Bonchev–Trinajstić information content (AvgIpc) is 2.45. The number of thioether (sulfide) groups is 1. The molecule has 0 bridgehead atoms. The topological polar surface area (TPSA) is 55.6 Å². The Morgan fingerprint density at radius 2 is 2.10 bits per heavy atom. The highest BCUT2D eigenvalue weighted by atomic mass is 32.2. The molecule has 2 N–H and O–H groups in total. The van der Waals surface area contributed by atoms with Gasteiger partial charge >= 0.3 is 0 Å². The minimum absolute atomic E-state index is 0.0343. The van der Waals surface area contributed by atoms with Gasteiger partial charge in [-0.15, -0.1) is 11.8 Å². The normalized spacial score (nSPS) is 12.3. The second-order valence-corrected chi connectivity index (χ2v) is 6.00. The van der Waals surface area contributed by atoms with Crippen molar-refractivity contribution < 1.29 is 9.53 Å². The van der Waals surface area contributed by atoms with E-state index in [1.807, 2.05) is 38.3 Å². The number of rotatable bonds is 6. The Balaban J connectivity index is 2.80. The van der Waals surface area contributed by atoms with Crippen LogP contribution in [0, 0.1) is 5.92 Å². The summed E-state index contributed by atoms with van der Waals surface area (Å²) in [5.74, 6) is 0.940. The summed E-state index contributed by atoms with van der Waals surface area (Å²) in [6, 6.07) is 5.54. The van der Waals surface area contributed by atoms with Gasteiger partial charge in [0.2, 0.25) is 5.91 Å². The molecule has 0 fully saturated rings. The van der Waals surface area contributed by atoms with Crippen molar-refractivity contribution in [1.29, 1.82) is 0 Å². The van der Waals surface area contributed by atoms with Crippen LogP contribution in [-0.4, -0.2) is 37.3 Å². The molecule has 0 aromatic heterocycles. The van der Waals surface area contributed by atoms with Crippen LogP contribution in [0.4, 0.5) is 0 Å². The smallest absolute Gasteiger partial charge is 0.239 e. The monoisotopic (exact) mass is 296 g/mol. The number of ether oxygens (including phenoxy) is 1. The van der Waals surface area contributed by atoms with Crippen LogP contribution in [0.5, 0.6) is 5.75 Å². The Morgan fingerprint density at radius 3 is 2.60 bits per heavy atom. The molecule has 5 heteroatoms. The van der Waals surface area contributed by atoms with Gasteiger partial charge in [-0.3, -0.25) is 4.79 Å². The molecular formula is C15H24N2O2S. The number of nitrogens with two attached hydrogens (primary N) is 1. The lowest BCUT2D eigenvalue weighted by Gasteiger charge is -2.23. The van der Waals surface area contributed by atoms with Crippen LogP contribution in [0.1, 0.15) is 19.4 Å². The first kappa shape index (κ1) is 16.9. The second-order valence-electron chi connectivity index (χ2n) is 5.15. The number of nitrogens with zero attached hydrogens (tertiary/aromatic N) is 1. The molecule has 1 atom stereocenters. The third kappa shape index (κ3) is 4.15. The summed E-state index contributed by atoms with van der Waals surface area (Å²) in [5.41, 5.74) is 6.93. The van der Waals surface area contributed by atoms with Gasteiger partial charge in [0.1, 0.15) is 5.75 Å². The van der Waals surface area contributed by atoms with Crippen LogP contribution in [0.25, 0.3) is 0 Å². The maximum atomic E-state index is 12.1. The summed E-state index contributed by atoms with van der Waals surface area (Å²) in [4.78, 5) is 14.9. The SMILES string of the molecule is COc1cc(CN(C)C(=O)[C@@H](N)C(C)C)ccc1SC. The summed E-state index contributed by atoms with van der Waals surface area (Å²) < 4.78 is 5.36. The van der Waals surface area contributed by atoms with Crippen LogP contribution < -0.4 is 10.5 Å². The predicted octanol–water partition coefficient (Wildman–Crippen LogP) is 2.36. The molecule has 0 saturated heterocycles. The van der Waals surface area contributed by atoms with E-state index < -0.39 is 6.04 Å². The highest BCUT2D eigenvalue weighted by Gasteiger charge is 2.21. The van der Waals surface area contributed by atoms with E-state index in [1.54, 1.807) is 30.8 Å². The van der Waals surface area contributed by atoms with Gasteiger partial charge in [-0.05, 0) is 29.9 Å². The molecule has 0 heterocycles. The van der Waals surface area contributed by atoms with E-state index in [9.17, 15) is 4.79 Å². The zero-order valence-corrected chi connectivity index (χ0v) is 13.7. The van der Waals surface area contributed by atoms with Gasteiger partial charge in [0, 0.05) is 18.5 Å². The van der Waals surface area contributed by atoms with Crippen LogP contribution in [0.2, 0.25) is 0 Å². The van der Waals surface area contributed by atoms with Gasteiger partial charge in [0.15, 0.2) is 0 Å². The highest BCUT2D eigenvalue weighted by Crippen LogP contribution is 2.28. The first-order valence-corrected chi connectivity index (χ1v) is 7.84. The second kappa shape index (κ2) is 7.55. The molecule has 0 unspecified atom stereocenters. The van der Waals surface area contributed by atoms with E-state index in [1.165, 1.54) is 0 Å². The van der Waals surface area contributed by atoms with Gasteiger partial charge in [-0.1, -0.05) is 19.9 Å². The molecule has 0 radical (unpaired) electrons. The minimum Gasteiger partial charge on any atom is -0.496 e. The first-order chi connectivity index (χ1) is 9.40. The van der Waals surface area contributed by atoms with E-state index in [0.29, 0.717) is 6.54 Å². The number of carbonyl (C=O) groups excluding carboxylic acids is 1. The third-order valence-electron chi connectivity index (χ3n) is 3.25. The lowest BCUT2D eigenvalue weighted by Crippen LogP contribution is -2.44. The molecule has 0 aliphatic heterocycles. The quantitative estimate of drug-likeness (QED) is 0.819. The number of hydrogen-bond acceptors (Lipinski definition) is 4. The molecule has 112 valence electrons. The molecule has 1 aromatic carbocycles. The van der Waals surface area contributed by atoms with Crippen LogP contribution in [-0.2, 0) is 11.3 Å². The lowest BCUT2D eigenvalue weighted by molar-refractivity contribution is -0.132. The summed E-state index contributed by atoms with van der Waals surface area (Å²) in [7, 11) is 3.43. The van der Waals surface area contributed by atoms with E-state index in [-0.39, 0.29) is 11.8 Å². The van der Waals surface area contributed by atoms with Gasteiger partial charge in [-0.25, -0.2) is 0 Å². The zero-order chi connectivity index (χ0) is 15.3. The van der Waals surface area contributed by atoms with Crippen molar-refractivity contribution in [2.75, 3.05) is 20.4 Å². The van der Waals surface area contributed by atoms with Crippen molar-refractivity contribution in [3.63, 3.8) is 0 Å². The average molecular weight is 296 g/mol. The van der Waals surface area contributed by atoms with Crippen molar-refractivity contribution in [2.45, 2.75) is 31.3 Å². The molecule has 1 aromatic rings. The predicted molar refractivity (Wildman–Crippen MR) is 84.1 cm³/mol. The number of hydrogen-bond donors (Lipinski definition) is 1. The Hall–Kier alpha value is -1.20. The fraction of sp³-hybridized carbons (Fsp3) is 0.533. The Labute approximate surface area is 125 Å². The van der Waals surface area contributed by atoms with Crippen LogP contribution >= 0.6 is 11.8 Å². The number of benzene rings is 1. The van der Waals surface area contributed by atoms with Crippen molar-refractivity contribution in [3.05, 3.63) is 23.8 Å². The Morgan fingerprint density at radius 1 is 1.45 bits per heavy atom. The third-order valence-corrected chi connectivity index (χ3v) is 4.02. The molecule has 4 nitrogen and oxygen atoms in total. The van der Waals surface area contributed by atoms with Crippen molar-refractivity contribution >= 4 is 17.7 Å². The van der Waals surface area contributed by atoms with Crippen LogP contribution in [0.15, 0.2) is 23.1 Å².